The molecule has 0 bridgehead atoms. The summed E-state index contributed by atoms with van der Waals surface area (Å²) in [7, 11) is 0. The zero-order valence-electron chi connectivity index (χ0n) is 12.7. The van der Waals surface area contributed by atoms with Gasteiger partial charge in [-0.3, -0.25) is 0 Å². The number of amides is 3. The number of urea groups is 1. The van der Waals surface area contributed by atoms with E-state index in [-0.39, 0.29) is 12.1 Å². The molecule has 21 heavy (non-hydrogen) atoms. The molecule has 7 heteroatoms. The lowest BCUT2D eigenvalue weighted by Gasteiger charge is -2.34. The first-order valence-electron chi connectivity index (χ1n) is 7.73. The zero-order valence-corrected chi connectivity index (χ0v) is 12.7. The lowest BCUT2D eigenvalue weighted by atomic mass is 10.0. The molecule has 3 amide bonds. The van der Waals surface area contributed by atoms with Crippen LogP contribution >= 0.6 is 0 Å². The second-order valence-electron chi connectivity index (χ2n) is 5.41. The molecule has 0 aromatic rings. The monoisotopic (exact) mass is 299 g/mol. The van der Waals surface area contributed by atoms with E-state index in [0.29, 0.717) is 45.2 Å². The third-order valence-electron chi connectivity index (χ3n) is 3.98. The van der Waals surface area contributed by atoms with Crippen LogP contribution in [0.25, 0.3) is 0 Å². The van der Waals surface area contributed by atoms with Crippen LogP contribution < -0.4 is 5.32 Å². The number of nitrogens with zero attached hydrogens (tertiary/aromatic N) is 2. The minimum atomic E-state index is -0.292. The fourth-order valence-electron chi connectivity index (χ4n) is 2.60. The third kappa shape index (κ3) is 4.77. The van der Waals surface area contributed by atoms with Crippen LogP contribution in [0.15, 0.2) is 0 Å². The Morgan fingerprint density at radius 3 is 2.38 bits per heavy atom. The number of hydrogen-bond donors (Lipinski definition) is 1. The Balaban J connectivity index is 1.66. The Labute approximate surface area is 125 Å². The van der Waals surface area contributed by atoms with Gasteiger partial charge in [0.15, 0.2) is 0 Å². The van der Waals surface area contributed by atoms with E-state index in [4.69, 9.17) is 9.47 Å². The second kappa shape index (κ2) is 8.07. The first kappa shape index (κ1) is 15.9. The molecule has 0 radical (unpaired) electrons. The van der Waals surface area contributed by atoms with Crippen molar-refractivity contribution in [3.05, 3.63) is 0 Å². The van der Waals surface area contributed by atoms with Crippen molar-refractivity contribution in [2.45, 2.75) is 19.8 Å². The number of ether oxygens (including phenoxy) is 2. The third-order valence-corrected chi connectivity index (χ3v) is 3.98. The molecular formula is C14H25N3O4. The van der Waals surface area contributed by atoms with Gasteiger partial charge in [0.2, 0.25) is 0 Å². The van der Waals surface area contributed by atoms with E-state index in [2.05, 4.69) is 5.32 Å². The number of nitrogens with one attached hydrogen (secondary N) is 1. The molecule has 0 aromatic carbocycles. The molecule has 1 N–H and O–H groups in total. The highest BCUT2D eigenvalue weighted by atomic mass is 16.6. The molecule has 2 aliphatic heterocycles. The lowest BCUT2D eigenvalue weighted by Crippen LogP contribution is -2.53. The summed E-state index contributed by atoms with van der Waals surface area (Å²) in [4.78, 5) is 27.1. The maximum atomic E-state index is 12.1. The minimum absolute atomic E-state index is 0.0370. The van der Waals surface area contributed by atoms with Gasteiger partial charge < -0.3 is 24.6 Å². The number of piperazine rings is 1. The van der Waals surface area contributed by atoms with Crippen molar-refractivity contribution in [2.75, 3.05) is 52.5 Å². The predicted octanol–water partition coefficient (Wildman–Crippen LogP) is 0.897. The van der Waals surface area contributed by atoms with Gasteiger partial charge in [-0.15, -0.1) is 0 Å². The Bertz CT molecular complexity index is 350. The molecule has 2 saturated heterocycles. The number of rotatable bonds is 3. The average Bonchev–Trinajstić information content (AvgIpc) is 2.54. The second-order valence-corrected chi connectivity index (χ2v) is 5.41. The largest absolute Gasteiger partial charge is 0.450 e. The van der Waals surface area contributed by atoms with Crippen LogP contribution in [0.4, 0.5) is 9.59 Å². The van der Waals surface area contributed by atoms with E-state index in [1.807, 2.05) is 0 Å². The summed E-state index contributed by atoms with van der Waals surface area (Å²) in [6.07, 6.45) is 1.73. The molecular weight excluding hydrogens is 274 g/mol. The van der Waals surface area contributed by atoms with Gasteiger partial charge in [-0.2, -0.15) is 0 Å². The molecule has 0 unspecified atom stereocenters. The van der Waals surface area contributed by atoms with E-state index >= 15 is 0 Å². The van der Waals surface area contributed by atoms with Gasteiger partial charge >= 0.3 is 12.1 Å². The first-order valence-corrected chi connectivity index (χ1v) is 7.73. The predicted molar refractivity (Wildman–Crippen MR) is 77.1 cm³/mol. The Morgan fingerprint density at radius 1 is 1.14 bits per heavy atom. The molecule has 0 atom stereocenters. The zero-order chi connectivity index (χ0) is 15.1. The summed E-state index contributed by atoms with van der Waals surface area (Å²) in [5.74, 6) is 0.517. The summed E-state index contributed by atoms with van der Waals surface area (Å²) < 4.78 is 10.3. The van der Waals surface area contributed by atoms with Gasteiger partial charge in [-0.1, -0.05) is 0 Å². The van der Waals surface area contributed by atoms with Gasteiger partial charge in [0.1, 0.15) is 0 Å². The maximum absolute atomic E-state index is 12.1. The highest BCUT2D eigenvalue weighted by Gasteiger charge is 2.25. The summed E-state index contributed by atoms with van der Waals surface area (Å²) >= 11 is 0. The van der Waals surface area contributed by atoms with E-state index in [9.17, 15) is 9.59 Å². The summed E-state index contributed by atoms with van der Waals surface area (Å²) in [5.41, 5.74) is 0. The van der Waals surface area contributed by atoms with Gasteiger partial charge in [0.25, 0.3) is 0 Å². The van der Waals surface area contributed by atoms with Crippen molar-refractivity contribution in [1.29, 1.82) is 0 Å². The summed E-state index contributed by atoms with van der Waals surface area (Å²) in [5, 5.41) is 2.99. The molecule has 2 aliphatic rings. The van der Waals surface area contributed by atoms with E-state index in [1.54, 1.807) is 16.7 Å². The fraction of sp³-hybridized carbons (Fsp3) is 0.857. The van der Waals surface area contributed by atoms with Crippen LogP contribution in [0, 0.1) is 5.92 Å². The van der Waals surface area contributed by atoms with E-state index in [0.717, 1.165) is 26.1 Å². The molecule has 0 spiro atoms. The van der Waals surface area contributed by atoms with Gasteiger partial charge in [0.05, 0.1) is 6.61 Å². The maximum Gasteiger partial charge on any atom is 0.409 e. The molecule has 2 heterocycles. The van der Waals surface area contributed by atoms with Crippen LogP contribution in [0.3, 0.4) is 0 Å². The van der Waals surface area contributed by atoms with Crippen LogP contribution in [0.1, 0.15) is 19.8 Å². The van der Waals surface area contributed by atoms with Crippen LogP contribution in [0.5, 0.6) is 0 Å². The van der Waals surface area contributed by atoms with Crippen LogP contribution in [0.2, 0.25) is 0 Å². The number of carbonyl (C=O) groups excluding carboxylic acids is 2. The highest BCUT2D eigenvalue weighted by molar-refractivity contribution is 5.75. The quantitative estimate of drug-likeness (QED) is 0.840. The van der Waals surface area contributed by atoms with Crippen molar-refractivity contribution in [3.63, 3.8) is 0 Å². The Kier molecular flexibility index (Phi) is 6.10. The van der Waals surface area contributed by atoms with E-state index in [1.165, 1.54) is 0 Å². The normalized spacial score (nSPS) is 20.2. The molecule has 120 valence electrons. The smallest absolute Gasteiger partial charge is 0.409 e. The van der Waals surface area contributed by atoms with Crippen molar-refractivity contribution < 1.29 is 19.1 Å². The Morgan fingerprint density at radius 2 is 1.76 bits per heavy atom. The van der Waals surface area contributed by atoms with Gasteiger partial charge in [0, 0.05) is 45.9 Å². The van der Waals surface area contributed by atoms with Crippen LogP contribution in [-0.2, 0) is 9.47 Å². The summed E-state index contributed by atoms with van der Waals surface area (Å²) in [6, 6.07) is -0.0370. The molecule has 2 fully saturated rings. The highest BCUT2D eigenvalue weighted by Crippen LogP contribution is 2.13. The molecule has 0 aliphatic carbocycles. The first-order chi connectivity index (χ1) is 10.2. The average molecular weight is 299 g/mol. The standard InChI is InChI=1S/C14H25N3O4/c1-2-21-14(19)17-7-5-16(6-8-17)13(18)15-11-12-3-9-20-10-4-12/h12H,2-11H2,1H3,(H,15,18). The van der Waals surface area contributed by atoms with Gasteiger partial charge in [-0.25, -0.2) is 9.59 Å². The lowest BCUT2D eigenvalue weighted by molar-refractivity contribution is 0.0654. The SMILES string of the molecule is CCOC(=O)N1CCN(C(=O)NCC2CCOCC2)CC1. The van der Waals surface area contributed by atoms with Crippen molar-refractivity contribution >= 4 is 12.1 Å². The number of hydrogen-bond acceptors (Lipinski definition) is 4. The van der Waals surface area contributed by atoms with Gasteiger partial charge in [-0.05, 0) is 25.7 Å². The Hall–Kier alpha value is -1.50. The molecule has 7 nitrogen and oxygen atoms in total. The van der Waals surface area contributed by atoms with Crippen molar-refractivity contribution in [2.24, 2.45) is 5.92 Å². The van der Waals surface area contributed by atoms with E-state index < -0.39 is 0 Å². The van der Waals surface area contributed by atoms with Crippen molar-refractivity contribution in [3.8, 4) is 0 Å². The van der Waals surface area contributed by atoms with Crippen LogP contribution in [-0.4, -0.2) is 74.5 Å². The van der Waals surface area contributed by atoms with Crippen molar-refractivity contribution in [1.82, 2.24) is 15.1 Å². The number of carbonyl (C=O) groups is 2. The minimum Gasteiger partial charge on any atom is -0.450 e. The summed E-state index contributed by atoms with van der Waals surface area (Å²) in [6.45, 7) is 6.63. The fourth-order valence-corrected chi connectivity index (χ4v) is 2.60. The molecule has 0 saturated carbocycles. The topological polar surface area (TPSA) is 71.1 Å². The molecule has 0 aromatic heterocycles. The molecule has 2 rings (SSSR count).